The molecule has 1 spiro atoms. The van der Waals surface area contributed by atoms with Gasteiger partial charge in [-0.25, -0.2) is 0 Å². The molecule has 4 rings (SSSR count). The van der Waals surface area contributed by atoms with Crippen LogP contribution in [-0.4, -0.2) is 55.6 Å². The summed E-state index contributed by atoms with van der Waals surface area (Å²) in [4.78, 5) is 13.3. The largest absolute Gasteiger partial charge is 0.482 e. The fraction of sp³-hybridized carbons (Fsp3) is 0.360. The van der Waals surface area contributed by atoms with E-state index in [1.54, 1.807) is 18.9 Å². The van der Waals surface area contributed by atoms with Gasteiger partial charge in [0.1, 0.15) is 23.7 Å². The molecule has 1 fully saturated rings. The molecule has 0 unspecified atom stereocenters. The smallest absolute Gasteiger partial charge is 0.325 e. The van der Waals surface area contributed by atoms with Crippen LogP contribution in [0.4, 0.5) is 0 Å². The number of esters is 1. The first-order chi connectivity index (χ1) is 15.0. The lowest BCUT2D eigenvalue weighted by molar-refractivity contribution is -0.143. The molecule has 0 bridgehead atoms. The minimum atomic E-state index is -0.331. The van der Waals surface area contributed by atoms with Crippen molar-refractivity contribution in [2.75, 3.05) is 33.3 Å². The molecule has 1 saturated heterocycles. The number of piperidine rings is 1. The van der Waals surface area contributed by atoms with Crippen LogP contribution < -0.4 is 10.1 Å². The van der Waals surface area contributed by atoms with Crippen LogP contribution in [0.15, 0.2) is 54.6 Å². The van der Waals surface area contributed by atoms with Crippen molar-refractivity contribution in [2.24, 2.45) is 0 Å². The lowest BCUT2D eigenvalue weighted by Crippen LogP contribution is -2.46. The average Bonchev–Trinajstić information content (AvgIpc) is 2.79. The van der Waals surface area contributed by atoms with Gasteiger partial charge in [0.05, 0.1) is 6.61 Å². The maximum atomic E-state index is 11.7. The molecule has 0 amide bonds. The summed E-state index contributed by atoms with van der Waals surface area (Å²) in [6, 6.07) is 16.2. The van der Waals surface area contributed by atoms with Crippen LogP contribution in [0.5, 0.6) is 5.75 Å². The van der Waals surface area contributed by atoms with Crippen LogP contribution in [-0.2, 0) is 9.53 Å². The van der Waals surface area contributed by atoms with Crippen molar-refractivity contribution in [1.82, 2.24) is 10.2 Å². The summed E-state index contributed by atoms with van der Waals surface area (Å²) in [7, 11) is 1.73. The van der Waals surface area contributed by atoms with E-state index < -0.39 is 0 Å². The van der Waals surface area contributed by atoms with E-state index in [0.717, 1.165) is 48.4 Å². The Morgan fingerprint density at radius 2 is 1.87 bits per heavy atom. The molecule has 0 saturated carbocycles. The van der Waals surface area contributed by atoms with Gasteiger partial charge in [0.25, 0.3) is 0 Å². The number of likely N-dealkylation sites (N-methyl/N-ethyl adjacent to an activating group) is 1. The number of nitrogens with zero attached hydrogens (tertiary/aromatic N) is 1. The van der Waals surface area contributed by atoms with Crippen LogP contribution in [0.2, 0.25) is 0 Å². The second kappa shape index (κ2) is 8.94. The van der Waals surface area contributed by atoms with E-state index >= 15 is 0 Å². The summed E-state index contributed by atoms with van der Waals surface area (Å²) >= 11 is 0. The van der Waals surface area contributed by atoms with Crippen molar-refractivity contribution < 1.29 is 14.3 Å². The normalized spacial score (nSPS) is 16.6. The molecular weight excluding hydrogens is 390 g/mol. The number of benzene rings is 2. The molecule has 0 radical (unpaired) electrons. The van der Waals surface area contributed by atoms with Gasteiger partial charge in [-0.2, -0.15) is 0 Å². The molecule has 0 aromatic heterocycles. The van der Waals surface area contributed by atoms with Gasteiger partial charge in [0, 0.05) is 31.0 Å². The highest BCUT2D eigenvalue weighted by Gasteiger charge is 2.36. The van der Waals surface area contributed by atoms with Crippen LogP contribution >= 0.6 is 0 Å². The number of rotatable bonds is 5. The van der Waals surface area contributed by atoms with Gasteiger partial charge < -0.3 is 19.7 Å². The average molecular weight is 420 g/mol. The number of amidine groups is 1. The molecule has 0 atom stereocenters. The Morgan fingerprint density at radius 3 is 2.58 bits per heavy atom. The van der Waals surface area contributed by atoms with Crippen molar-refractivity contribution >= 4 is 17.4 Å². The van der Waals surface area contributed by atoms with Gasteiger partial charge in [-0.05, 0) is 43.3 Å². The summed E-state index contributed by atoms with van der Waals surface area (Å²) in [5.74, 6) is 0.881. The lowest BCUT2D eigenvalue weighted by atomic mass is 9.83. The summed E-state index contributed by atoms with van der Waals surface area (Å²) < 4.78 is 11.4. The summed E-state index contributed by atoms with van der Waals surface area (Å²) in [6.45, 7) is 4.05. The van der Waals surface area contributed by atoms with E-state index in [2.05, 4.69) is 17.5 Å². The van der Waals surface area contributed by atoms with E-state index in [4.69, 9.17) is 14.9 Å². The highest BCUT2D eigenvalue weighted by Crippen LogP contribution is 2.42. The quantitative estimate of drug-likeness (QED) is 0.441. The second-order valence-corrected chi connectivity index (χ2v) is 8.06. The van der Waals surface area contributed by atoms with Crippen molar-refractivity contribution in [2.45, 2.75) is 25.4 Å². The van der Waals surface area contributed by atoms with E-state index in [1.165, 1.54) is 5.57 Å². The third-order valence-corrected chi connectivity index (χ3v) is 5.87. The van der Waals surface area contributed by atoms with Crippen molar-refractivity contribution in [3.05, 3.63) is 71.3 Å². The van der Waals surface area contributed by atoms with Crippen molar-refractivity contribution in [3.8, 4) is 5.75 Å². The SMILES string of the molecule is CCOC(=O)CN(C)C(=N)c1ccc(C2=CC3(CCNCC3)Oc3ccccc32)cc1. The van der Waals surface area contributed by atoms with E-state index in [1.807, 2.05) is 42.5 Å². The Kier molecular flexibility index (Phi) is 6.09. The predicted molar refractivity (Wildman–Crippen MR) is 122 cm³/mol. The Hall–Kier alpha value is -3.12. The van der Waals surface area contributed by atoms with Gasteiger partial charge in [-0.3, -0.25) is 10.2 Å². The number of carbonyl (C=O) groups excluding carboxylic acids is 1. The molecule has 6 heteroatoms. The first-order valence-corrected chi connectivity index (χ1v) is 10.8. The molecule has 2 aromatic carbocycles. The molecule has 0 aliphatic carbocycles. The van der Waals surface area contributed by atoms with Crippen LogP contribution in [0.3, 0.4) is 0 Å². The fourth-order valence-electron chi connectivity index (χ4n) is 4.21. The summed E-state index contributed by atoms with van der Waals surface area (Å²) in [5.41, 5.74) is 3.84. The zero-order valence-electron chi connectivity index (χ0n) is 18.1. The zero-order valence-corrected chi connectivity index (χ0v) is 18.1. The predicted octanol–water partition coefficient (Wildman–Crippen LogP) is 3.45. The van der Waals surface area contributed by atoms with Crippen LogP contribution in [0, 0.1) is 5.41 Å². The van der Waals surface area contributed by atoms with E-state index in [9.17, 15) is 4.79 Å². The summed E-state index contributed by atoms with van der Waals surface area (Å²) in [5, 5.41) is 11.8. The Balaban J connectivity index is 1.60. The van der Waals surface area contributed by atoms with Crippen molar-refractivity contribution in [3.63, 3.8) is 0 Å². The molecule has 6 nitrogen and oxygen atoms in total. The monoisotopic (exact) mass is 419 g/mol. The fourth-order valence-corrected chi connectivity index (χ4v) is 4.21. The number of hydrogen-bond acceptors (Lipinski definition) is 5. The minimum Gasteiger partial charge on any atom is -0.482 e. The topological polar surface area (TPSA) is 74.7 Å². The van der Waals surface area contributed by atoms with Gasteiger partial charge in [0.15, 0.2) is 0 Å². The third kappa shape index (κ3) is 4.49. The van der Waals surface area contributed by atoms with E-state index in [-0.39, 0.29) is 24.0 Å². The number of hydrogen-bond donors (Lipinski definition) is 2. The first kappa shape index (κ1) is 21.1. The number of carbonyl (C=O) groups is 1. The highest BCUT2D eigenvalue weighted by molar-refractivity contribution is 5.98. The maximum Gasteiger partial charge on any atom is 0.325 e. The molecule has 162 valence electrons. The van der Waals surface area contributed by atoms with Gasteiger partial charge >= 0.3 is 5.97 Å². The van der Waals surface area contributed by atoms with E-state index in [0.29, 0.717) is 6.61 Å². The number of para-hydroxylation sites is 1. The molecule has 2 heterocycles. The molecule has 31 heavy (non-hydrogen) atoms. The second-order valence-electron chi connectivity index (χ2n) is 8.06. The van der Waals surface area contributed by atoms with Crippen LogP contribution in [0.25, 0.3) is 5.57 Å². The zero-order chi connectivity index (χ0) is 21.8. The Labute approximate surface area is 183 Å². The lowest BCUT2D eigenvalue weighted by Gasteiger charge is -2.40. The van der Waals surface area contributed by atoms with Gasteiger partial charge in [-0.15, -0.1) is 0 Å². The Bertz CT molecular complexity index is 991. The summed E-state index contributed by atoms with van der Waals surface area (Å²) in [6.07, 6.45) is 4.15. The standard InChI is InChI=1S/C25H29N3O3/c1-3-30-23(29)17-28(2)24(26)19-10-8-18(9-11-19)21-16-25(12-14-27-15-13-25)31-22-7-5-4-6-20(21)22/h4-11,16,26-27H,3,12-15,17H2,1-2H3. The van der Waals surface area contributed by atoms with Crippen LogP contribution in [0.1, 0.15) is 36.5 Å². The first-order valence-electron chi connectivity index (χ1n) is 10.8. The maximum absolute atomic E-state index is 11.7. The number of fused-ring (bicyclic) bond motifs is 1. The number of nitrogens with one attached hydrogen (secondary N) is 2. The third-order valence-electron chi connectivity index (χ3n) is 5.87. The van der Waals surface area contributed by atoms with Gasteiger partial charge in [0.2, 0.25) is 0 Å². The molecule has 2 aromatic rings. The van der Waals surface area contributed by atoms with Gasteiger partial charge in [-0.1, -0.05) is 42.5 Å². The minimum absolute atomic E-state index is 0.0564. The number of ether oxygens (including phenoxy) is 2. The molecule has 2 aliphatic heterocycles. The molecule has 2 N–H and O–H groups in total. The molecule has 2 aliphatic rings. The highest BCUT2D eigenvalue weighted by atomic mass is 16.5. The Morgan fingerprint density at radius 1 is 1.16 bits per heavy atom. The van der Waals surface area contributed by atoms with Crippen molar-refractivity contribution in [1.29, 1.82) is 5.41 Å². The molecular formula is C25H29N3O3.